The molecule has 0 aliphatic rings. The zero-order chi connectivity index (χ0) is 13.9. The Bertz CT molecular complexity index is 563. The third kappa shape index (κ3) is 2.78. The Morgan fingerprint density at radius 3 is 2.63 bits per heavy atom. The first-order valence-corrected chi connectivity index (χ1v) is 6.06. The maximum absolute atomic E-state index is 10.6. The van der Waals surface area contributed by atoms with Gasteiger partial charge in [0.2, 0.25) is 0 Å². The Morgan fingerprint density at radius 2 is 2.00 bits per heavy atom. The number of rotatable bonds is 5. The van der Waals surface area contributed by atoms with Gasteiger partial charge in [-0.25, -0.2) is 4.68 Å². The Morgan fingerprint density at radius 1 is 1.32 bits per heavy atom. The first-order chi connectivity index (χ1) is 9.01. The molecule has 6 heteroatoms. The summed E-state index contributed by atoms with van der Waals surface area (Å²) in [7, 11) is 0. The lowest BCUT2D eigenvalue weighted by atomic mass is 9.84. The molecule has 2 aromatic rings. The molecule has 0 aliphatic heterocycles. The van der Waals surface area contributed by atoms with Gasteiger partial charge in [-0.3, -0.25) is 4.79 Å². The van der Waals surface area contributed by atoms with Crippen LogP contribution in [0.1, 0.15) is 31.7 Å². The van der Waals surface area contributed by atoms with Gasteiger partial charge < -0.3 is 5.11 Å². The van der Waals surface area contributed by atoms with Crippen molar-refractivity contribution in [1.82, 2.24) is 20.2 Å². The van der Waals surface area contributed by atoms with Crippen LogP contribution >= 0.6 is 0 Å². The number of hydrogen-bond acceptors (Lipinski definition) is 4. The third-order valence-corrected chi connectivity index (χ3v) is 3.12. The highest BCUT2D eigenvalue weighted by atomic mass is 16.4. The lowest BCUT2D eigenvalue weighted by Gasteiger charge is -2.23. The lowest BCUT2D eigenvalue weighted by molar-refractivity contribution is -0.137. The molecule has 0 saturated carbocycles. The lowest BCUT2D eigenvalue weighted by Crippen LogP contribution is -2.25. The standard InChI is InChI=1S/C13H16N4O2/c1-13(2,10-6-4-3-5-7-10)12-14-15-16-17(12)9-8-11(18)19/h3-7H,8-9H2,1-2H3,(H,18,19). The molecule has 2 rings (SSSR count). The maximum atomic E-state index is 10.6. The minimum Gasteiger partial charge on any atom is -0.481 e. The topological polar surface area (TPSA) is 80.9 Å². The summed E-state index contributed by atoms with van der Waals surface area (Å²) in [6, 6.07) is 9.89. The van der Waals surface area contributed by atoms with Crippen molar-refractivity contribution < 1.29 is 9.90 Å². The normalized spacial score (nSPS) is 11.5. The Balaban J connectivity index is 2.31. The van der Waals surface area contributed by atoms with Crippen molar-refractivity contribution in [1.29, 1.82) is 0 Å². The molecule has 0 spiro atoms. The molecule has 1 aromatic carbocycles. The van der Waals surface area contributed by atoms with Crippen LogP contribution in [-0.4, -0.2) is 31.3 Å². The van der Waals surface area contributed by atoms with Crippen molar-refractivity contribution in [3.05, 3.63) is 41.7 Å². The van der Waals surface area contributed by atoms with Gasteiger partial charge in [0.15, 0.2) is 5.82 Å². The molecule has 0 saturated heterocycles. The molecule has 0 bridgehead atoms. The number of benzene rings is 1. The van der Waals surface area contributed by atoms with Crippen LogP contribution in [0.5, 0.6) is 0 Å². The van der Waals surface area contributed by atoms with Crippen molar-refractivity contribution in [2.45, 2.75) is 32.2 Å². The number of carboxylic acids is 1. The molecule has 0 amide bonds. The van der Waals surface area contributed by atoms with Crippen LogP contribution in [0, 0.1) is 0 Å². The fourth-order valence-corrected chi connectivity index (χ4v) is 1.99. The number of carbonyl (C=O) groups is 1. The van der Waals surface area contributed by atoms with E-state index in [1.54, 1.807) is 4.68 Å². The molecule has 1 heterocycles. The number of hydrogen-bond donors (Lipinski definition) is 1. The Labute approximate surface area is 111 Å². The molecule has 0 aliphatic carbocycles. The van der Waals surface area contributed by atoms with Crippen molar-refractivity contribution in [2.24, 2.45) is 0 Å². The quantitative estimate of drug-likeness (QED) is 0.880. The summed E-state index contributed by atoms with van der Waals surface area (Å²) in [4.78, 5) is 10.6. The number of aromatic nitrogens is 4. The van der Waals surface area contributed by atoms with E-state index >= 15 is 0 Å². The van der Waals surface area contributed by atoms with E-state index in [9.17, 15) is 4.79 Å². The molecule has 1 aromatic heterocycles. The summed E-state index contributed by atoms with van der Waals surface area (Å²) in [6.45, 7) is 4.31. The van der Waals surface area contributed by atoms with Crippen LogP contribution in [0.3, 0.4) is 0 Å². The highest BCUT2D eigenvalue weighted by molar-refractivity contribution is 5.66. The number of carboxylic acid groups (broad SMARTS) is 1. The SMILES string of the molecule is CC(C)(c1ccccc1)c1nnnn1CCC(=O)O. The first-order valence-electron chi connectivity index (χ1n) is 6.06. The maximum Gasteiger partial charge on any atom is 0.305 e. The van der Waals surface area contributed by atoms with E-state index in [0.717, 1.165) is 5.56 Å². The van der Waals surface area contributed by atoms with Crippen LogP contribution in [-0.2, 0) is 16.8 Å². The minimum atomic E-state index is -0.862. The number of aliphatic carboxylic acids is 1. The summed E-state index contributed by atoms with van der Waals surface area (Å²) in [5.41, 5.74) is 0.713. The number of nitrogens with zero attached hydrogens (tertiary/aromatic N) is 4. The molecule has 100 valence electrons. The van der Waals surface area contributed by atoms with Crippen LogP contribution in [0.25, 0.3) is 0 Å². The number of aryl methyl sites for hydroxylation is 1. The molecule has 19 heavy (non-hydrogen) atoms. The van der Waals surface area contributed by atoms with E-state index in [2.05, 4.69) is 15.5 Å². The Kier molecular flexibility index (Phi) is 3.59. The second kappa shape index (κ2) is 5.17. The summed E-state index contributed by atoms with van der Waals surface area (Å²) in [6.07, 6.45) is 0.00289. The largest absolute Gasteiger partial charge is 0.481 e. The number of tetrazole rings is 1. The van der Waals surface area contributed by atoms with Gasteiger partial charge in [0.1, 0.15) is 0 Å². The smallest absolute Gasteiger partial charge is 0.305 e. The predicted molar refractivity (Wildman–Crippen MR) is 68.6 cm³/mol. The summed E-state index contributed by atoms with van der Waals surface area (Å²) in [5, 5.41) is 20.3. The first kappa shape index (κ1) is 13.2. The van der Waals surface area contributed by atoms with Crippen LogP contribution in [0.4, 0.5) is 0 Å². The average Bonchev–Trinajstić information content (AvgIpc) is 2.86. The molecule has 1 N–H and O–H groups in total. The van der Waals surface area contributed by atoms with Crippen molar-refractivity contribution in [3.8, 4) is 0 Å². The molecular weight excluding hydrogens is 244 g/mol. The van der Waals surface area contributed by atoms with Gasteiger partial charge in [-0.15, -0.1) is 5.10 Å². The van der Waals surface area contributed by atoms with Gasteiger partial charge >= 0.3 is 5.97 Å². The van der Waals surface area contributed by atoms with Crippen molar-refractivity contribution in [3.63, 3.8) is 0 Å². The molecule has 0 radical (unpaired) electrons. The van der Waals surface area contributed by atoms with Gasteiger partial charge in [-0.1, -0.05) is 30.3 Å². The summed E-state index contributed by atoms with van der Waals surface area (Å²) >= 11 is 0. The van der Waals surface area contributed by atoms with E-state index in [1.807, 2.05) is 44.2 Å². The summed E-state index contributed by atoms with van der Waals surface area (Å²) < 4.78 is 1.56. The fraction of sp³-hybridized carbons (Fsp3) is 0.385. The van der Waals surface area contributed by atoms with E-state index in [1.165, 1.54) is 0 Å². The van der Waals surface area contributed by atoms with Gasteiger partial charge in [0.25, 0.3) is 0 Å². The third-order valence-electron chi connectivity index (χ3n) is 3.12. The highest BCUT2D eigenvalue weighted by Crippen LogP contribution is 2.29. The second-order valence-electron chi connectivity index (χ2n) is 4.86. The predicted octanol–water partition coefficient (Wildman–Crippen LogP) is 1.47. The van der Waals surface area contributed by atoms with E-state index in [0.29, 0.717) is 5.82 Å². The molecule has 6 nitrogen and oxygen atoms in total. The van der Waals surface area contributed by atoms with Crippen LogP contribution < -0.4 is 0 Å². The van der Waals surface area contributed by atoms with Gasteiger partial charge in [0.05, 0.1) is 18.4 Å². The van der Waals surface area contributed by atoms with Gasteiger partial charge in [-0.05, 0) is 29.8 Å². The molecule has 0 unspecified atom stereocenters. The Hall–Kier alpha value is -2.24. The van der Waals surface area contributed by atoms with E-state index in [-0.39, 0.29) is 18.4 Å². The van der Waals surface area contributed by atoms with Gasteiger partial charge in [-0.2, -0.15) is 0 Å². The van der Waals surface area contributed by atoms with Crippen LogP contribution in [0.15, 0.2) is 30.3 Å². The monoisotopic (exact) mass is 260 g/mol. The zero-order valence-corrected chi connectivity index (χ0v) is 10.9. The molecule has 0 atom stereocenters. The average molecular weight is 260 g/mol. The molecular formula is C13H16N4O2. The molecule has 0 fully saturated rings. The van der Waals surface area contributed by atoms with Crippen molar-refractivity contribution in [2.75, 3.05) is 0 Å². The van der Waals surface area contributed by atoms with E-state index < -0.39 is 5.97 Å². The van der Waals surface area contributed by atoms with Crippen molar-refractivity contribution >= 4 is 5.97 Å². The zero-order valence-electron chi connectivity index (χ0n) is 10.9. The van der Waals surface area contributed by atoms with Gasteiger partial charge in [0, 0.05) is 0 Å². The minimum absolute atomic E-state index is 0.00289. The second-order valence-corrected chi connectivity index (χ2v) is 4.86. The van der Waals surface area contributed by atoms with E-state index in [4.69, 9.17) is 5.11 Å². The van der Waals surface area contributed by atoms with Crippen LogP contribution in [0.2, 0.25) is 0 Å². The highest BCUT2D eigenvalue weighted by Gasteiger charge is 2.29. The fourth-order valence-electron chi connectivity index (χ4n) is 1.99. The summed E-state index contributed by atoms with van der Waals surface area (Å²) in [5.74, 6) is -0.195.